The normalized spacial score (nSPS) is 25.1. The lowest BCUT2D eigenvalue weighted by molar-refractivity contribution is 0.0685. The molecule has 0 aliphatic carbocycles. The van der Waals surface area contributed by atoms with Gasteiger partial charge in [-0.25, -0.2) is 0 Å². The van der Waals surface area contributed by atoms with Crippen molar-refractivity contribution in [3.8, 4) is 0 Å². The molecule has 1 fully saturated rings. The number of rotatable bonds is 7. The maximum Gasteiger partial charge on any atom is 0.0628 e. The molecule has 0 radical (unpaired) electrons. The molecular formula is C13H29N3O. The number of ether oxygens (including phenoxy) is 1. The number of likely N-dealkylation sites (N-methyl/N-ethyl adjacent to an activating group) is 2. The minimum atomic E-state index is 0.463. The fraction of sp³-hybridized carbons (Fsp3) is 1.00. The predicted octanol–water partition coefficient (Wildman–Crippen LogP) is 0.637. The van der Waals surface area contributed by atoms with Gasteiger partial charge in [0, 0.05) is 45.4 Å². The van der Waals surface area contributed by atoms with Crippen LogP contribution in [0.15, 0.2) is 0 Å². The Hall–Kier alpha value is -0.160. The van der Waals surface area contributed by atoms with E-state index in [4.69, 9.17) is 4.74 Å². The van der Waals surface area contributed by atoms with Gasteiger partial charge in [0.15, 0.2) is 0 Å². The second-order valence-electron chi connectivity index (χ2n) is 4.95. The first kappa shape index (κ1) is 14.9. The maximum absolute atomic E-state index is 5.27. The summed E-state index contributed by atoms with van der Waals surface area (Å²) in [5, 5.41) is 3.49. The van der Waals surface area contributed by atoms with E-state index in [1.807, 2.05) is 0 Å². The summed E-state index contributed by atoms with van der Waals surface area (Å²) in [5.74, 6) is 0. The second-order valence-corrected chi connectivity index (χ2v) is 4.95. The Morgan fingerprint density at radius 3 is 2.65 bits per heavy atom. The van der Waals surface area contributed by atoms with Crippen molar-refractivity contribution in [1.29, 1.82) is 0 Å². The molecule has 0 spiro atoms. The molecule has 17 heavy (non-hydrogen) atoms. The van der Waals surface area contributed by atoms with Crippen molar-refractivity contribution in [3.63, 3.8) is 0 Å². The molecule has 0 aromatic rings. The van der Waals surface area contributed by atoms with Crippen molar-refractivity contribution < 1.29 is 4.74 Å². The quantitative estimate of drug-likeness (QED) is 0.710. The van der Waals surface area contributed by atoms with E-state index in [0.717, 1.165) is 19.7 Å². The van der Waals surface area contributed by atoms with E-state index in [-0.39, 0.29) is 0 Å². The zero-order chi connectivity index (χ0) is 12.7. The van der Waals surface area contributed by atoms with E-state index < -0.39 is 0 Å². The average Bonchev–Trinajstić information content (AvgIpc) is 2.30. The van der Waals surface area contributed by atoms with Gasteiger partial charge in [-0.2, -0.15) is 0 Å². The van der Waals surface area contributed by atoms with Crippen LogP contribution in [0.3, 0.4) is 0 Å². The van der Waals surface area contributed by atoms with E-state index in [0.29, 0.717) is 12.1 Å². The van der Waals surface area contributed by atoms with Crippen molar-refractivity contribution in [2.75, 3.05) is 53.0 Å². The topological polar surface area (TPSA) is 27.7 Å². The number of methoxy groups -OCH3 is 1. The molecule has 1 aliphatic heterocycles. The standard InChI is InChI=1S/C13H29N3O/c1-5-14-13(11-17-4)10-15-7-8-16(6-2)12(3)9-15/h12-14H,5-11H2,1-4H3. The molecule has 102 valence electrons. The molecule has 0 saturated carbocycles. The molecule has 1 saturated heterocycles. The van der Waals surface area contributed by atoms with Crippen LogP contribution in [0.25, 0.3) is 0 Å². The zero-order valence-corrected chi connectivity index (χ0v) is 11.9. The minimum absolute atomic E-state index is 0.463. The summed E-state index contributed by atoms with van der Waals surface area (Å²) in [6, 6.07) is 1.14. The van der Waals surface area contributed by atoms with E-state index in [2.05, 4.69) is 35.9 Å². The van der Waals surface area contributed by atoms with Crippen molar-refractivity contribution in [2.24, 2.45) is 0 Å². The molecular weight excluding hydrogens is 214 g/mol. The van der Waals surface area contributed by atoms with Gasteiger partial charge in [-0.05, 0) is 20.0 Å². The van der Waals surface area contributed by atoms with Crippen molar-refractivity contribution in [1.82, 2.24) is 15.1 Å². The average molecular weight is 243 g/mol. The van der Waals surface area contributed by atoms with Crippen LogP contribution in [-0.2, 0) is 4.74 Å². The Labute approximate surface area is 106 Å². The van der Waals surface area contributed by atoms with Gasteiger partial charge in [0.25, 0.3) is 0 Å². The molecule has 4 heteroatoms. The smallest absolute Gasteiger partial charge is 0.0628 e. The summed E-state index contributed by atoms with van der Waals surface area (Å²) in [7, 11) is 1.78. The van der Waals surface area contributed by atoms with Gasteiger partial charge in [-0.15, -0.1) is 0 Å². The van der Waals surface area contributed by atoms with Crippen LogP contribution in [-0.4, -0.2) is 74.9 Å². The number of nitrogens with zero attached hydrogens (tertiary/aromatic N) is 2. The van der Waals surface area contributed by atoms with Gasteiger partial charge in [0.1, 0.15) is 0 Å². The van der Waals surface area contributed by atoms with Crippen LogP contribution in [0.5, 0.6) is 0 Å². The minimum Gasteiger partial charge on any atom is -0.383 e. The molecule has 1 aliphatic rings. The summed E-state index contributed by atoms with van der Waals surface area (Å²) in [5.41, 5.74) is 0. The lowest BCUT2D eigenvalue weighted by Crippen LogP contribution is -2.55. The first-order valence-electron chi connectivity index (χ1n) is 6.89. The summed E-state index contributed by atoms with van der Waals surface area (Å²) < 4.78 is 5.27. The van der Waals surface area contributed by atoms with Crippen LogP contribution in [0.2, 0.25) is 0 Å². The number of nitrogens with one attached hydrogen (secondary N) is 1. The Morgan fingerprint density at radius 2 is 2.12 bits per heavy atom. The Bertz CT molecular complexity index is 195. The Kier molecular flexibility index (Phi) is 7.04. The van der Waals surface area contributed by atoms with Crippen molar-refractivity contribution >= 4 is 0 Å². The zero-order valence-electron chi connectivity index (χ0n) is 11.9. The lowest BCUT2D eigenvalue weighted by Gasteiger charge is -2.40. The van der Waals surface area contributed by atoms with Crippen LogP contribution in [0.1, 0.15) is 20.8 Å². The highest BCUT2D eigenvalue weighted by molar-refractivity contribution is 4.81. The molecule has 0 amide bonds. The third-order valence-electron chi connectivity index (χ3n) is 3.59. The number of hydrogen-bond acceptors (Lipinski definition) is 4. The fourth-order valence-electron chi connectivity index (χ4n) is 2.68. The first-order valence-corrected chi connectivity index (χ1v) is 6.89. The third kappa shape index (κ3) is 4.92. The SMILES string of the molecule is CCNC(COC)CN1CCN(CC)C(C)C1. The summed E-state index contributed by atoms with van der Waals surface area (Å²) >= 11 is 0. The van der Waals surface area contributed by atoms with Gasteiger partial charge < -0.3 is 10.1 Å². The number of piperazine rings is 1. The monoisotopic (exact) mass is 243 g/mol. The van der Waals surface area contributed by atoms with Crippen molar-refractivity contribution in [3.05, 3.63) is 0 Å². The molecule has 0 aromatic carbocycles. The largest absolute Gasteiger partial charge is 0.383 e. The lowest BCUT2D eigenvalue weighted by atomic mass is 10.1. The highest BCUT2D eigenvalue weighted by Crippen LogP contribution is 2.09. The van der Waals surface area contributed by atoms with Crippen LogP contribution < -0.4 is 5.32 Å². The maximum atomic E-state index is 5.27. The highest BCUT2D eigenvalue weighted by atomic mass is 16.5. The summed E-state index contributed by atoms with van der Waals surface area (Å²) in [4.78, 5) is 5.11. The molecule has 2 unspecified atom stereocenters. The van der Waals surface area contributed by atoms with Gasteiger partial charge in [0.05, 0.1) is 6.61 Å². The number of hydrogen-bond donors (Lipinski definition) is 1. The molecule has 0 bridgehead atoms. The second kappa shape index (κ2) is 8.03. The van der Waals surface area contributed by atoms with Crippen LogP contribution in [0.4, 0.5) is 0 Å². The summed E-state index contributed by atoms with van der Waals surface area (Å²) in [6.45, 7) is 14.4. The molecule has 1 rings (SSSR count). The molecule has 4 nitrogen and oxygen atoms in total. The van der Waals surface area contributed by atoms with Gasteiger partial charge in [-0.1, -0.05) is 13.8 Å². The Balaban J connectivity index is 2.35. The summed E-state index contributed by atoms with van der Waals surface area (Å²) in [6.07, 6.45) is 0. The first-order chi connectivity index (χ1) is 8.21. The molecule has 0 aromatic heterocycles. The predicted molar refractivity (Wildman–Crippen MR) is 72.5 cm³/mol. The van der Waals surface area contributed by atoms with Crippen LogP contribution >= 0.6 is 0 Å². The van der Waals surface area contributed by atoms with Gasteiger partial charge in [0.2, 0.25) is 0 Å². The van der Waals surface area contributed by atoms with E-state index in [1.165, 1.54) is 26.2 Å². The molecule has 1 N–H and O–H groups in total. The molecule has 2 atom stereocenters. The van der Waals surface area contributed by atoms with E-state index >= 15 is 0 Å². The fourth-order valence-corrected chi connectivity index (χ4v) is 2.68. The highest BCUT2D eigenvalue weighted by Gasteiger charge is 2.23. The van der Waals surface area contributed by atoms with Gasteiger partial charge in [-0.3, -0.25) is 9.80 Å². The van der Waals surface area contributed by atoms with Crippen LogP contribution in [0, 0.1) is 0 Å². The molecule has 1 heterocycles. The van der Waals surface area contributed by atoms with Gasteiger partial charge >= 0.3 is 0 Å². The van der Waals surface area contributed by atoms with E-state index in [1.54, 1.807) is 7.11 Å². The van der Waals surface area contributed by atoms with E-state index in [9.17, 15) is 0 Å². The van der Waals surface area contributed by atoms with Crippen molar-refractivity contribution in [2.45, 2.75) is 32.9 Å². The third-order valence-corrected chi connectivity index (χ3v) is 3.59. The Morgan fingerprint density at radius 1 is 1.35 bits per heavy atom.